The fraction of sp³-hybridized carbons (Fsp3) is 0.286. The summed E-state index contributed by atoms with van der Waals surface area (Å²) < 4.78 is 32.0. The number of nitrogens with zero attached hydrogens (tertiary/aromatic N) is 3. The monoisotopic (exact) mass is 458 g/mol. The van der Waals surface area contributed by atoms with E-state index in [1.165, 1.54) is 28.2 Å². The molecule has 1 amide bonds. The predicted octanol–water partition coefficient (Wildman–Crippen LogP) is 2.69. The molecule has 1 N–H and O–H groups in total. The Balaban J connectivity index is 1.39. The van der Waals surface area contributed by atoms with E-state index in [9.17, 15) is 13.2 Å². The fourth-order valence-corrected chi connectivity index (χ4v) is 5.52. The zero-order valence-electron chi connectivity index (χ0n) is 16.9. The summed E-state index contributed by atoms with van der Waals surface area (Å²) in [7, 11) is -3.56. The summed E-state index contributed by atoms with van der Waals surface area (Å²) in [4.78, 5) is 21.5. The van der Waals surface area contributed by atoms with Gasteiger partial charge in [0.05, 0.1) is 29.4 Å². The number of carbonyl (C=O) groups is 1. The number of benzene rings is 2. The molecule has 1 fully saturated rings. The Kier molecular flexibility index (Phi) is 6.51. The lowest BCUT2D eigenvalue weighted by atomic mass is 10.2. The molecule has 1 aromatic heterocycles. The van der Waals surface area contributed by atoms with Crippen LogP contribution in [0.4, 0.5) is 5.69 Å². The van der Waals surface area contributed by atoms with Crippen molar-refractivity contribution >= 4 is 44.3 Å². The van der Waals surface area contributed by atoms with E-state index in [4.69, 9.17) is 4.74 Å². The maximum Gasteiger partial charge on any atom is 0.243 e. The molecule has 0 aliphatic carbocycles. The molecule has 0 spiro atoms. The first-order valence-corrected chi connectivity index (χ1v) is 12.2. The summed E-state index contributed by atoms with van der Waals surface area (Å²) in [5.74, 6) is 0.627. The molecule has 162 valence electrons. The highest BCUT2D eigenvalue weighted by Crippen LogP contribution is 2.25. The highest BCUT2D eigenvalue weighted by atomic mass is 32.2. The molecule has 2 heterocycles. The molecule has 0 saturated carbocycles. The Bertz CT molecular complexity index is 1190. The third-order valence-electron chi connectivity index (χ3n) is 4.77. The largest absolute Gasteiger partial charge is 0.379 e. The lowest BCUT2D eigenvalue weighted by Gasteiger charge is -2.26. The zero-order valence-corrected chi connectivity index (χ0v) is 18.6. The van der Waals surface area contributed by atoms with E-state index in [0.717, 1.165) is 15.9 Å². The molecule has 2 aromatic carbocycles. The number of nitrogens with one attached hydrogen (secondary N) is 1. The quantitative estimate of drug-likeness (QED) is 0.448. The minimum absolute atomic E-state index is 0.175. The number of hydrogen-bond donors (Lipinski definition) is 1. The predicted molar refractivity (Wildman–Crippen MR) is 120 cm³/mol. The zero-order chi connectivity index (χ0) is 21.8. The van der Waals surface area contributed by atoms with Gasteiger partial charge in [-0.2, -0.15) is 4.31 Å². The first-order chi connectivity index (χ1) is 14.9. The van der Waals surface area contributed by atoms with Gasteiger partial charge in [-0.15, -0.1) is 0 Å². The van der Waals surface area contributed by atoms with E-state index in [1.807, 2.05) is 31.2 Å². The fourth-order valence-electron chi connectivity index (χ4n) is 3.25. The van der Waals surface area contributed by atoms with Crippen molar-refractivity contribution in [3.05, 3.63) is 54.4 Å². The third-order valence-corrected chi connectivity index (χ3v) is 7.67. The van der Waals surface area contributed by atoms with Crippen LogP contribution in [0, 0.1) is 6.92 Å². The molecular formula is C21H22N4O4S2. The first kappa shape index (κ1) is 21.7. The molecule has 31 heavy (non-hydrogen) atoms. The van der Waals surface area contributed by atoms with Gasteiger partial charge in [0.15, 0.2) is 0 Å². The number of rotatable bonds is 6. The van der Waals surface area contributed by atoms with Crippen LogP contribution in [0.1, 0.15) is 5.82 Å². The highest BCUT2D eigenvalue weighted by molar-refractivity contribution is 8.00. The number of amides is 1. The smallest absolute Gasteiger partial charge is 0.243 e. The van der Waals surface area contributed by atoms with E-state index < -0.39 is 10.0 Å². The molecule has 1 aliphatic rings. The van der Waals surface area contributed by atoms with Crippen molar-refractivity contribution in [3.8, 4) is 0 Å². The molecule has 0 unspecified atom stereocenters. The standard InChI is InChI=1S/C21H22N4O4S2/c1-15-22-19-5-3-2-4-18(19)21(23-15)30-14-20(26)24-16-6-8-17(9-7-16)31(27,28)25-10-12-29-13-11-25/h2-9H,10-14H2,1H3,(H,24,26). The van der Waals surface area contributed by atoms with Crippen LogP contribution in [0.5, 0.6) is 0 Å². The molecule has 4 rings (SSSR count). The van der Waals surface area contributed by atoms with E-state index >= 15 is 0 Å². The Labute approximate surface area is 185 Å². The second-order valence-corrected chi connectivity index (χ2v) is 9.87. The lowest BCUT2D eigenvalue weighted by Crippen LogP contribution is -2.40. The summed E-state index contributed by atoms with van der Waals surface area (Å²) in [5.41, 5.74) is 1.38. The van der Waals surface area contributed by atoms with Gasteiger partial charge in [0, 0.05) is 24.2 Å². The number of para-hydroxylation sites is 1. The first-order valence-electron chi connectivity index (χ1n) is 9.77. The molecule has 1 saturated heterocycles. The van der Waals surface area contributed by atoms with Gasteiger partial charge in [0.1, 0.15) is 10.9 Å². The number of morpholine rings is 1. The van der Waals surface area contributed by atoms with Gasteiger partial charge < -0.3 is 10.1 Å². The number of ether oxygens (including phenoxy) is 1. The van der Waals surface area contributed by atoms with Crippen LogP contribution in [0.25, 0.3) is 10.9 Å². The third kappa shape index (κ3) is 5.04. The second kappa shape index (κ2) is 9.31. The van der Waals surface area contributed by atoms with Gasteiger partial charge >= 0.3 is 0 Å². The SMILES string of the molecule is Cc1nc(SCC(=O)Nc2ccc(S(=O)(=O)N3CCOCC3)cc2)c2ccccc2n1. The second-order valence-electron chi connectivity index (χ2n) is 6.97. The van der Waals surface area contributed by atoms with Crippen molar-refractivity contribution in [3.63, 3.8) is 0 Å². The number of sulfonamides is 1. The van der Waals surface area contributed by atoms with Crippen molar-refractivity contribution in [2.45, 2.75) is 16.8 Å². The molecule has 8 nitrogen and oxygen atoms in total. The summed E-state index contributed by atoms with van der Waals surface area (Å²) in [5, 5.41) is 4.46. The molecule has 3 aromatic rings. The number of aromatic nitrogens is 2. The van der Waals surface area contributed by atoms with Crippen molar-refractivity contribution in [1.82, 2.24) is 14.3 Å². The summed E-state index contributed by atoms with van der Waals surface area (Å²) >= 11 is 1.34. The van der Waals surface area contributed by atoms with Crippen LogP contribution < -0.4 is 5.32 Å². The van der Waals surface area contributed by atoms with Gasteiger partial charge in [-0.05, 0) is 37.3 Å². The van der Waals surface area contributed by atoms with Gasteiger partial charge in [-0.3, -0.25) is 4.79 Å². The summed E-state index contributed by atoms with van der Waals surface area (Å²) in [6.07, 6.45) is 0. The van der Waals surface area contributed by atoms with Crippen LogP contribution in [-0.4, -0.2) is 60.7 Å². The van der Waals surface area contributed by atoms with E-state index in [2.05, 4.69) is 15.3 Å². The van der Waals surface area contributed by atoms with E-state index in [-0.39, 0.29) is 16.6 Å². The molecular weight excluding hydrogens is 436 g/mol. The average molecular weight is 459 g/mol. The topological polar surface area (TPSA) is 101 Å². The summed E-state index contributed by atoms with van der Waals surface area (Å²) in [6, 6.07) is 13.9. The Hall–Kier alpha value is -2.53. The molecule has 1 aliphatic heterocycles. The van der Waals surface area contributed by atoms with Crippen LogP contribution in [0.3, 0.4) is 0 Å². The van der Waals surface area contributed by atoms with Crippen LogP contribution in [0.2, 0.25) is 0 Å². The van der Waals surface area contributed by atoms with Gasteiger partial charge in [0.2, 0.25) is 15.9 Å². The molecule has 10 heteroatoms. The molecule has 0 radical (unpaired) electrons. The Morgan fingerprint density at radius 1 is 1.10 bits per heavy atom. The van der Waals surface area contributed by atoms with Crippen molar-refractivity contribution in [2.75, 3.05) is 37.4 Å². The molecule has 0 atom stereocenters. The number of aryl methyl sites for hydroxylation is 1. The minimum Gasteiger partial charge on any atom is -0.379 e. The number of carbonyl (C=O) groups excluding carboxylic acids is 1. The number of fused-ring (bicyclic) bond motifs is 1. The van der Waals surface area contributed by atoms with Crippen molar-refractivity contribution in [1.29, 1.82) is 0 Å². The number of anilines is 1. The van der Waals surface area contributed by atoms with Gasteiger partial charge in [0.25, 0.3) is 0 Å². The number of thioether (sulfide) groups is 1. The van der Waals surface area contributed by atoms with Gasteiger partial charge in [-0.1, -0.05) is 30.0 Å². The van der Waals surface area contributed by atoms with Crippen LogP contribution in [0.15, 0.2) is 58.5 Å². The van der Waals surface area contributed by atoms with Gasteiger partial charge in [-0.25, -0.2) is 18.4 Å². The lowest BCUT2D eigenvalue weighted by molar-refractivity contribution is -0.113. The van der Waals surface area contributed by atoms with E-state index in [0.29, 0.717) is 37.8 Å². The normalized spacial score (nSPS) is 15.1. The Morgan fingerprint density at radius 2 is 1.81 bits per heavy atom. The summed E-state index contributed by atoms with van der Waals surface area (Å²) in [6.45, 7) is 3.30. The average Bonchev–Trinajstić information content (AvgIpc) is 2.78. The molecule has 0 bridgehead atoms. The van der Waals surface area contributed by atoms with Crippen LogP contribution in [-0.2, 0) is 19.6 Å². The maximum atomic E-state index is 12.7. The van der Waals surface area contributed by atoms with Crippen molar-refractivity contribution in [2.24, 2.45) is 0 Å². The Morgan fingerprint density at radius 3 is 2.55 bits per heavy atom. The van der Waals surface area contributed by atoms with E-state index in [1.54, 1.807) is 12.1 Å². The van der Waals surface area contributed by atoms with Crippen molar-refractivity contribution < 1.29 is 17.9 Å². The minimum atomic E-state index is -3.56. The maximum absolute atomic E-state index is 12.7. The highest BCUT2D eigenvalue weighted by Gasteiger charge is 2.26. The number of hydrogen-bond acceptors (Lipinski definition) is 7. The van der Waals surface area contributed by atoms with Crippen LogP contribution >= 0.6 is 11.8 Å².